The summed E-state index contributed by atoms with van der Waals surface area (Å²) in [6, 6.07) is 0. The first-order valence-corrected chi connectivity index (χ1v) is 6.27. The third-order valence-corrected chi connectivity index (χ3v) is 2.41. The second-order valence-electron chi connectivity index (χ2n) is 4.23. The molecule has 1 unspecified atom stereocenters. The number of rotatable bonds is 8. The van der Waals surface area contributed by atoms with Gasteiger partial charge in [0.2, 0.25) is 0 Å². The largest absolute Gasteiger partial charge is 0.451 e. The quantitative estimate of drug-likeness (QED) is 0.371. The predicted molar refractivity (Wildman–Crippen MR) is 71.3 cm³/mol. The summed E-state index contributed by atoms with van der Waals surface area (Å²) in [5.41, 5.74) is 5.92. The van der Waals surface area contributed by atoms with Crippen LogP contribution in [0.25, 0.3) is 0 Å². The maximum absolute atomic E-state index is 8.64. The van der Waals surface area contributed by atoms with Gasteiger partial charge in [-0.1, -0.05) is 26.7 Å². The molecule has 0 aliphatic heterocycles. The van der Waals surface area contributed by atoms with Crippen LogP contribution in [-0.2, 0) is 0 Å². The Morgan fingerprint density at radius 1 is 1.19 bits per heavy atom. The molecule has 0 heterocycles. The molecular formula is C11H29BN2O2. The Bertz CT molecular complexity index is 144. The van der Waals surface area contributed by atoms with Crippen molar-refractivity contribution < 1.29 is 10.0 Å². The van der Waals surface area contributed by atoms with Crippen LogP contribution in [0, 0.1) is 0 Å². The topological polar surface area (TPSA) is 78.5 Å². The second-order valence-corrected chi connectivity index (χ2v) is 4.23. The van der Waals surface area contributed by atoms with E-state index in [2.05, 4.69) is 5.32 Å². The maximum atomic E-state index is 8.64. The van der Waals surface area contributed by atoms with Gasteiger partial charge < -0.3 is 21.1 Å². The Morgan fingerprint density at radius 3 is 2.19 bits per heavy atom. The van der Waals surface area contributed by atoms with Crippen molar-refractivity contribution in [1.29, 1.82) is 0 Å². The summed E-state index contributed by atoms with van der Waals surface area (Å²) in [6.07, 6.45) is 4.10. The zero-order valence-electron chi connectivity index (χ0n) is 11.3. The molecule has 0 spiro atoms. The van der Waals surface area contributed by atoms with E-state index in [0.29, 0.717) is 6.32 Å². The summed E-state index contributed by atoms with van der Waals surface area (Å²) in [5.74, 6) is 0. The SMILES string of the molecule is CC.CNCCC(C)(N)CCCCB(O)O. The average molecular weight is 232 g/mol. The molecule has 16 heavy (non-hydrogen) atoms. The van der Waals surface area contributed by atoms with Crippen LogP contribution in [0.2, 0.25) is 6.32 Å². The Balaban J connectivity index is 0. The summed E-state index contributed by atoms with van der Waals surface area (Å²) in [7, 11) is 0.745. The summed E-state index contributed by atoms with van der Waals surface area (Å²) in [5, 5.41) is 20.3. The lowest BCUT2D eigenvalue weighted by Gasteiger charge is -2.24. The van der Waals surface area contributed by atoms with Crippen molar-refractivity contribution in [3.05, 3.63) is 0 Å². The number of hydrogen-bond donors (Lipinski definition) is 4. The number of nitrogens with two attached hydrogens (primary N) is 1. The van der Waals surface area contributed by atoms with Crippen molar-refractivity contribution in [3.8, 4) is 0 Å². The highest BCUT2D eigenvalue weighted by molar-refractivity contribution is 6.40. The highest BCUT2D eigenvalue weighted by Gasteiger charge is 2.17. The van der Waals surface area contributed by atoms with E-state index in [1.807, 2.05) is 27.8 Å². The fourth-order valence-electron chi connectivity index (χ4n) is 1.39. The van der Waals surface area contributed by atoms with E-state index >= 15 is 0 Å². The summed E-state index contributed by atoms with van der Waals surface area (Å²) in [4.78, 5) is 0. The Labute approximate surface area is 101 Å². The highest BCUT2D eigenvalue weighted by atomic mass is 16.4. The van der Waals surface area contributed by atoms with E-state index in [1.54, 1.807) is 0 Å². The molecule has 98 valence electrons. The summed E-state index contributed by atoms with van der Waals surface area (Å²) >= 11 is 0. The standard InChI is InChI=1S/C9H23BN2O2.C2H6/c1-9(11,6-8-12-2)5-3-4-7-10(13)14;1-2/h12-14H,3-8,11H2,1-2H3;1-2H3. The van der Waals surface area contributed by atoms with Gasteiger partial charge in [-0.05, 0) is 39.7 Å². The predicted octanol–water partition coefficient (Wildman–Crippen LogP) is 0.983. The monoisotopic (exact) mass is 232 g/mol. The lowest BCUT2D eigenvalue weighted by Crippen LogP contribution is -2.38. The molecule has 0 radical (unpaired) electrons. The number of unbranched alkanes of at least 4 members (excludes halogenated alkanes) is 1. The Hall–Kier alpha value is -0.0951. The molecule has 0 bridgehead atoms. The molecule has 0 saturated carbocycles. The molecule has 0 saturated heterocycles. The molecule has 0 aliphatic rings. The summed E-state index contributed by atoms with van der Waals surface area (Å²) < 4.78 is 0. The van der Waals surface area contributed by atoms with Gasteiger partial charge in [0.05, 0.1) is 0 Å². The van der Waals surface area contributed by atoms with Crippen LogP contribution in [0.3, 0.4) is 0 Å². The Morgan fingerprint density at radius 2 is 1.75 bits per heavy atom. The fourth-order valence-corrected chi connectivity index (χ4v) is 1.39. The van der Waals surface area contributed by atoms with Crippen LogP contribution < -0.4 is 11.1 Å². The van der Waals surface area contributed by atoms with Crippen LogP contribution >= 0.6 is 0 Å². The molecule has 5 heteroatoms. The van der Waals surface area contributed by atoms with E-state index in [9.17, 15) is 0 Å². The van der Waals surface area contributed by atoms with Crippen molar-refractivity contribution in [3.63, 3.8) is 0 Å². The Kier molecular flexibility index (Phi) is 13.0. The average Bonchev–Trinajstić information content (AvgIpc) is 2.24. The van der Waals surface area contributed by atoms with Crippen molar-refractivity contribution in [2.24, 2.45) is 5.73 Å². The summed E-state index contributed by atoms with van der Waals surface area (Å²) in [6.45, 7) is 6.97. The van der Waals surface area contributed by atoms with Crippen LogP contribution in [0.1, 0.15) is 46.5 Å². The van der Waals surface area contributed by atoms with Crippen LogP contribution in [0.4, 0.5) is 0 Å². The fraction of sp³-hybridized carbons (Fsp3) is 1.00. The van der Waals surface area contributed by atoms with Gasteiger partial charge in [0.1, 0.15) is 0 Å². The first-order chi connectivity index (χ1) is 7.48. The minimum absolute atomic E-state index is 0.135. The number of nitrogens with one attached hydrogen (secondary N) is 1. The van der Waals surface area contributed by atoms with Gasteiger partial charge in [-0.3, -0.25) is 0 Å². The van der Waals surface area contributed by atoms with Gasteiger partial charge in [0.25, 0.3) is 0 Å². The molecule has 0 amide bonds. The first kappa shape index (κ1) is 18.3. The molecule has 0 aliphatic carbocycles. The van der Waals surface area contributed by atoms with Crippen LogP contribution in [0.5, 0.6) is 0 Å². The van der Waals surface area contributed by atoms with Gasteiger partial charge in [0, 0.05) is 5.54 Å². The van der Waals surface area contributed by atoms with Crippen molar-refractivity contribution >= 4 is 7.12 Å². The van der Waals surface area contributed by atoms with Crippen molar-refractivity contribution in [1.82, 2.24) is 5.32 Å². The van der Waals surface area contributed by atoms with E-state index < -0.39 is 7.12 Å². The third-order valence-electron chi connectivity index (χ3n) is 2.41. The van der Waals surface area contributed by atoms with Crippen molar-refractivity contribution in [2.75, 3.05) is 13.6 Å². The molecule has 0 aromatic heterocycles. The van der Waals surface area contributed by atoms with Crippen LogP contribution in [-0.4, -0.2) is 36.3 Å². The minimum Gasteiger partial charge on any atom is -0.427 e. The normalized spacial score (nSPS) is 13.7. The minimum atomic E-state index is -1.17. The first-order valence-electron chi connectivity index (χ1n) is 6.27. The van der Waals surface area contributed by atoms with Gasteiger partial charge in [-0.2, -0.15) is 0 Å². The van der Waals surface area contributed by atoms with Gasteiger partial charge >= 0.3 is 7.12 Å². The van der Waals surface area contributed by atoms with E-state index in [1.165, 1.54) is 0 Å². The molecule has 0 rings (SSSR count). The third kappa shape index (κ3) is 13.9. The highest BCUT2D eigenvalue weighted by Crippen LogP contribution is 2.15. The lowest BCUT2D eigenvalue weighted by atomic mass is 9.82. The van der Waals surface area contributed by atoms with Crippen LogP contribution in [0.15, 0.2) is 0 Å². The zero-order chi connectivity index (χ0) is 13.0. The van der Waals surface area contributed by atoms with Gasteiger partial charge in [-0.25, -0.2) is 0 Å². The molecule has 0 aromatic rings. The molecule has 1 atom stereocenters. The van der Waals surface area contributed by atoms with E-state index in [4.69, 9.17) is 15.8 Å². The number of hydrogen-bond acceptors (Lipinski definition) is 4. The second kappa shape index (κ2) is 11.4. The van der Waals surface area contributed by atoms with E-state index in [-0.39, 0.29) is 5.54 Å². The zero-order valence-corrected chi connectivity index (χ0v) is 11.3. The molecule has 4 nitrogen and oxygen atoms in total. The maximum Gasteiger partial charge on any atom is 0.451 e. The van der Waals surface area contributed by atoms with Gasteiger partial charge in [0.15, 0.2) is 0 Å². The van der Waals surface area contributed by atoms with Gasteiger partial charge in [-0.15, -0.1) is 0 Å². The molecule has 5 N–H and O–H groups in total. The van der Waals surface area contributed by atoms with Crippen molar-refractivity contribution in [2.45, 2.75) is 58.3 Å². The molecule has 0 fully saturated rings. The van der Waals surface area contributed by atoms with E-state index in [0.717, 1.165) is 32.2 Å². The molecular weight excluding hydrogens is 203 g/mol. The molecule has 0 aromatic carbocycles. The smallest absolute Gasteiger partial charge is 0.427 e. The lowest BCUT2D eigenvalue weighted by molar-refractivity contribution is 0.372.